The molecule has 9 heteroatoms. The van der Waals surface area contributed by atoms with Crippen LogP contribution in [0.2, 0.25) is 0 Å². The number of hydrogen-bond acceptors (Lipinski definition) is 8. The summed E-state index contributed by atoms with van der Waals surface area (Å²) < 4.78 is 5.48. The Morgan fingerprint density at radius 2 is 1.94 bits per heavy atom. The van der Waals surface area contributed by atoms with Crippen LogP contribution in [0.15, 0.2) is 83.8 Å². The first-order valence-corrected chi connectivity index (χ1v) is 13.6. The summed E-state index contributed by atoms with van der Waals surface area (Å²) in [4.78, 5) is 27.0. The third kappa shape index (κ3) is 4.48. The lowest BCUT2D eigenvalue weighted by Crippen LogP contribution is -2.36. The molecular weight excluding hydrogens is 485 g/mol. The molecular formula is C25H22N4O2S3. The summed E-state index contributed by atoms with van der Waals surface area (Å²) in [6.45, 7) is 3.69. The summed E-state index contributed by atoms with van der Waals surface area (Å²) in [6.07, 6.45) is 0. The standard InChI is InChI=1S/C25H22N4O2S3/c30-24-12-18(29-6-8-31-9-7-29)11-20(28-24)19-2-1-3-22-25(19)34-21-5-4-16(10-23(21)33-22)26-13-17-14-32-15-27-17/h1-5,10-12,14-15,26H,6-9,13H2,(H,28,30). The van der Waals surface area contributed by atoms with Crippen molar-refractivity contribution in [3.8, 4) is 11.3 Å². The van der Waals surface area contributed by atoms with Crippen LogP contribution >= 0.6 is 34.9 Å². The maximum Gasteiger partial charge on any atom is 0.250 e. The largest absolute Gasteiger partial charge is 0.379 e. The monoisotopic (exact) mass is 506 g/mol. The molecule has 6 rings (SSSR count). The maximum atomic E-state index is 12.5. The van der Waals surface area contributed by atoms with E-state index in [9.17, 15) is 4.79 Å². The van der Waals surface area contributed by atoms with Gasteiger partial charge in [-0.25, -0.2) is 4.98 Å². The number of benzene rings is 2. The van der Waals surface area contributed by atoms with Gasteiger partial charge in [0.15, 0.2) is 0 Å². The predicted molar refractivity (Wildman–Crippen MR) is 140 cm³/mol. The molecule has 4 aromatic rings. The number of anilines is 2. The quantitative estimate of drug-likeness (QED) is 0.323. The summed E-state index contributed by atoms with van der Waals surface area (Å²) in [5, 5.41) is 5.53. The molecule has 2 aliphatic rings. The Morgan fingerprint density at radius 1 is 1.03 bits per heavy atom. The van der Waals surface area contributed by atoms with Gasteiger partial charge in [-0.15, -0.1) is 11.3 Å². The van der Waals surface area contributed by atoms with Gasteiger partial charge in [-0.05, 0) is 30.3 Å². The molecule has 0 bridgehead atoms. The molecule has 2 aliphatic heterocycles. The number of rotatable bonds is 5. The number of H-pyrrole nitrogens is 1. The van der Waals surface area contributed by atoms with Crippen LogP contribution in [-0.2, 0) is 11.3 Å². The molecule has 172 valence electrons. The van der Waals surface area contributed by atoms with E-state index in [0.29, 0.717) is 19.8 Å². The second kappa shape index (κ2) is 9.50. The Labute approximate surface area is 209 Å². The molecule has 6 nitrogen and oxygen atoms in total. The highest BCUT2D eigenvalue weighted by atomic mass is 32.2. The number of aromatic amines is 1. The van der Waals surface area contributed by atoms with E-state index in [1.165, 1.54) is 19.6 Å². The number of nitrogens with zero attached hydrogens (tertiary/aromatic N) is 2. The van der Waals surface area contributed by atoms with Crippen LogP contribution in [0.3, 0.4) is 0 Å². The molecule has 0 unspecified atom stereocenters. The van der Waals surface area contributed by atoms with E-state index >= 15 is 0 Å². The van der Waals surface area contributed by atoms with Gasteiger partial charge in [-0.2, -0.15) is 0 Å². The summed E-state index contributed by atoms with van der Waals surface area (Å²) >= 11 is 5.14. The van der Waals surface area contributed by atoms with E-state index in [1.807, 2.05) is 5.51 Å². The fraction of sp³-hybridized carbons (Fsp3) is 0.200. The number of aromatic nitrogens is 2. The second-order valence-corrected chi connectivity index (χ2v) is 10.9. The van der Waals surface area contributed by atoms with Crippen molar-refractivity contribution in [1.82, 2.24) is 9.97 Å². The van der Waals surface area contributed by atoms with Gasteiger partial charge in [-0.3, -0.25) is 4.79 Å². The predicted octanol–water partition coefficient (Wildman–Crippen LogP) is 5.56. The van der Waals surface area contributed by atoms with Gasteiger partial charge < -0.3 is 19.9 Å². The average molecular weight is 507 g/mol. The van der Waals surface area contributed by atoms with E-state index in [0.717, 1.165) is 41.4 Å². The van der Waals surface area contributed by atoms with Crippen LogP contribution < -0.4 is 15.8 Å². The fourth-order valence-electron chi connectivity index (χ4n) is 4.12. The fourth-order valence-corrected chi connectivity index (χ4v) is 7.09. The molecule has 1 fully saturated rings. The van der Waals surface area contributed by atoms with Crippen molar-refractivity contribution in [1.29, 1.82) is 0 Å². The van der Waals surface area contributed by atoms with Gasteiger partial charge in [0.1, 0.15) is 0 Å². The first kappa shape index (κ1) is 21.8. The van der Waals surface area contributed by atoms with Crippen molar-refractivity contribution in [2.24, 2.45) is 0 Å². The summed E-state index contributed by atoms with van der Waals surface area (Å²) in [6, 6.07) is 16.6. The van der Waals surface area contributed by atoms with Crippen LogP contribution in [-0.4, -0.2) is 36.3 Å². The Morgan fingerprint density at radius 3 is 2.79 bits per heavy atom. The highest BCUT2D eigenvalue weighted by Gasteiger charge is 2.22. The maximum absolute atomic E-state index is 12.5. The molecule has 2 aromatic heterocycles. The van der Waals surface area contributed by atoms with Gasteiger partial charge in [-0.1, -0.05) is 35.7 Å². The third-order valence-electron chi connectivity index (χ3n) is 5.81. The molecule has 2 N–H and O–H groups in total. The summed E-state index contributed by atoms with van der Waals surface area (Å²) in [5.74, 6) is 0. The number of morpholine rings is 1. The highest BCUT2D eigenvalue weighted by molar-refractivity contribution is 8.05. The van der Waals surface area contributed by atoms with Crippen molar-refractivity contribution in [3.63, 3.8) is 0 Å². The zero-order valence-corrected chi connectivity index (χ0v) is 20.7. The lowest BCUT2D eigenvalue weighted by atomic mass is 10.1. The van der Waals surface area contributed by atoms with Crippen molar-refractivity contribution in [2.75, 3.05) is 36.5 Å². The Balaban J connectivity index is 1.29. The van der Waals surface area contributed by atoms with E-state index in [-0.39, 0.29) is 5.56 Å². The second-order valence-electron chi connectivity index (χ2n) is 8.05. The Bertz CT molecular complexity index is 1380. The third-order valence-corrected chi connectivity index (χ3v) is 9.04. The molecule has 0 saturated carbocycles. The molecule has 0 aliphatic carbocycles. The minimum Gasteiger partial charge on any atom is -0.379 e. The van der Waals surface area contributed by atoms with E-state index < -0.39 is 0 Å². The SMILES string of the molecule is O=c1cc(N2CCOCC2)cc(-c2cccc3c2Sc2ccc(NCc4cscn4)cc2S3)[nH]1. The molecule has 34 heavy (non-hydrogen) atoms. The lowest BCUT2D eigenvalue weighted by Gasteiger charge is -2.29. The van der Waals surface area contributed by atoms with Crippen molar-refractivity contribution in [2.45, 2.75) is 26.1 Å². The van der Waals surface area contributed by atoms with E-state index in [4.69, 9.17) is 4.74 Å². The average Bonchev–Trinajstić information content (AvgIpc) is 3.40. The number of pyridine rings is 1. The lowest BCUT2D eigenvalue weighted by molar-refractivity contribution is 0.122. The summed E-state index contributed by atoms with van der Waals surface area (Å²) in [7, 11) is 0. The van der Waals surface area contributed by atoms with Gasteiger partial charge >= 0.3 is 0 Å². The smallest absolute Gasteiger partial charge is 0.250 e. The topological polar surface area (TPSA) is 70.2 Å². The van der Waals surface area contributed by atoms with Crippen molar-refractivity contribution >= 4 is 46.2 Å². The Hall–Kier alpha value is -2.72. The van der Waals surface area contributed by atoms with Crippen LogP contribution in [0.25, 0.3) is 11.3 Å². The number of fused-ring (bicyclic) bond motifs is 2. The van der Waals surface area contributed by atoms with Crippen molar-refractivity contribution in [3.05, 3.63) is 75.5 Å². The zero-order chi connectivity index (χ0) is 22.9. The minimum absolute atomic E-state index is 0.0821. The minimum atomic E-state index is -0.0821. The Kier molecular flexibility index (Phi) is 6.09. The summed E-state index contributed by atoms with van der Waals surface area (Å²) in [5.41, 5.74) is 6.76. The van der Waals surface area contributed by atoms with Gasteiger partial charge in [0.05, 0.1) is 36.7 Å². The van der Waals surface area contributed by atoms with E-state index in [2.05, 4.69) is 68.0 Å². The van der Waals surface area contributed by atoms with Crippen LogP contribution in [0.5, 0.6) is 0 Å². The zero-order valence-electron chi connectivity index (χ0n) is 18.2. The molecule has 2 aromatic carbocycles. The molecule has 0 atom stereocenters. The number of nitrogens with one attached hydrogen (secondary N) is 2. The molecule has 0 spiro atoms. The molecule has 0 radical (unpaired) electrons. The molecule has 4 heterocycles. The van der Waals surface area contributed by atoms with Crippen molar-refractivity contribution < 1.29 is 4.74 Å². The van der Waals surface area contributed by atoms with Gasteiger partial charge in [0, 0.05) is 61.1 Å². The first-order valence-electron chi connectivity index (χ1n) is 11.0. The molecule has 0 amide bonds. The molecule has 1 saturated heterocycles. The van der Waals surface area contributed by atoms with Crippen LogP contribution in [0.4, 0.5) is 11.4 Å². The van der Waals surface area contributed by atoms with Crippen LogP contribution in [0.1, 0.15) is 5.69 Å². The first-order chi connectivity index (χ1) is 16.7. The number of thiazole rings is 1. The van der Waals surface area contributed by atoms with E-state index in [1.54, 1.807) is 40.9 Å². The normalized spacial score (nSPS) is 15.0. The van der Waals surface area contributed by atoms with Gasteiger partial charge in [0.25, 0.3) is 0 Å². The van der Waals surface area contributed by atoms with Crippen LogP contribution in [0, 0.1) is 0 Å². The highest BCUT2D eigenvalue weighted by Crippen LogP contribution is 2.52. The number of ether oxygens (including phenoxy) is 1. The number of hydrogen-bond donors (Lipinski definition) is 2. The van der Waals surface area contributed by atoms with Gasteiger partial charge in [0.2, 0.25) is 5.56 Å².